The Labute approximate surface area is 120 Å². The second kappa shape index (κ2) is 5.40. The fourth-order valence-electron chi connectivity index (χ4n) is 2.58. The van der Waals surface area contributed by atoms with Gasteiger partial charge in [-0.1, -0.05) is 18.6 Å². The second-order valence-corrected chi connectivity index (χ2v) is 5.42. The number of hydrogen-bond acceptors (Lipinski definition) is 2. The predicted octanol–water partition coefficient (Wildman–Crippen LogP) is 4.35. The lowest BCUT2D eigenvalue weighted by atomic mass is 10.1. The van der Waals surface area contributed by atoms with Gasteiger partial charge in [0.25, 0.3) is 0 Å². The van der Waals surface area contributed by atoms with Crippen LogP contribution in [0.3, 0.4) is 0 Å². The number of aromatic amines is 1. The SMILES string of the molecule is Fc1ccc(-c2nc(=S)c3c([nH]2)CCCCC3)cc1F. The molecule has 1 aliphatic rings. The van der Waals surface area contributed by atoms with E-state index in [-0.39, 0.29) is 0 Å². The zero-order valence-corrected chi connectivity index (χ0v) is 11.7. The lowest BCUT2D eigenvalue weighted by Crippen LogP contribution is -2.02. The van der Waals surface area contributed by atoms with E-state index in [1.807, 2.05) is 0 Å². The molecule has 0 radical (unpaired) electrons. The molecule has 2 nitrogen and oxygen atoms in total. The van der Waals surface area contributed by atoms with Crippen LogP contribution in [0.15, 0.2) is 18.2 Å². The zero-order valence-electron chi connectivity index (χ0n) is 10.9. The first-order valence-electron chi connectivity index (χ1n) is 6.72. The molecule has 1 aliphatic carbocycles. The van der Waals surface area contributed by atoms with Gasteiger partial charge in [0.1, 0.15) is 10.5 Å². The molecule has 0 amide bonds. The summed E-state index contributed by atoms with van der Waals surface area (Å²) in [6.45, 7) is 0. The third-order valence-corrected chi connectivity index (χ3v) is 3.99. The molecule has 104 valence electrons. The van der Waals surface area contributed by atoms with E-state index in [2.05, 4.69) is 9.97 Å². The van der Waals surface area contributed by atoms with Crippen molar-refractivity contribution < 1.29 is 8.78 Å². The van der Waals surface area contributed by atoms with Gasteiger partial charge in [-0.15, -0.1) is 0 Å². The number of H-pyrrole nitrogens is 1. The van der Waals surface area contributed by atoms with Gasteiger partial charge in [0.15, 0.2) is 11.6 Å². The Morgan fingerprint density at radius 1 is 1.05 bits per heavy atom. The van der Waals surface area contributed by atoms with E-state index in [1.54, 1.807) is 0 Å². The zero-order chi connectivity index (χ0) is 14.1. The van der Waals surface area contributed by atoms with E-state index in [4.69, 9.17) is 12.2 Å². The van der Waals surface area contributed by atoms with Crippen molar-refractivity contribution in [3.05, 3.63) is 45.7 Å². The van der Waals surface area contributed by atoms with Crippen LogP contribution in [0.4, 0.5) is 8.78 Å². The smallest absolute Gasteiger partial charge is 0.159 e. The fraction of sp³-hybridized carbons (Fsp3) is 0.333. The van der Waals surface area contributed by atoms with Crippen molar-refractivity contribution in [2.24, 2.45) is 0 Å². The summed E-state index contributed by atoms with van der Waals surface area (Å²) < 4.78 is 26.9. The first-order chi connectivity index (χ1) is 9.65. The average Bonchev–Trinajstić information content (AvgIpc) is 2.67. The summed E-state index contributed by atoms with van der Waals surface area (Å²) in [6.07, 6.45) is 5.28. The van der Waals surface area contributed by atoms with Gasteiger partial charge in [-0.2, -0.15) is 0 Å². The lowest BCUT2D eigenvalue weighted by molar-refractivity contribution is 0.509. The van der Waals surface area contributed by atoms with Crippen molar-refractivity contribution in [2.45, 2.75) is 32.1 Å². The van der Waals surface area contributed by atoms with Crippen LogP contribution in [-0.4, -0.2) is 9.97 Å². The van der Waals surface area contributed by atoms with Gasteiger partial charge in [-0.25, -0.2) is 13.8 Å². The minimum absolute atomic E-state index is 0.509. The number of hydrogen-bond donors (Lipinski definition) is 1. The number of aromatic nitrogens is 2. The Morgan fingerprint density at radius 2 is 1.85 bits per heavy atom. The number of halogens is 2. The number of rotatable bonds is 1. The van der Waals surface area contributed by atoms with E-state index in [1.165, 1.54) is 12.5 Å². The maximum atomic E-state index is 13.3. The molecule has 0 aliphatic heterocycles. The monoisotopic (exact) mass is 292 g/mol. The first-order valence-corrected chi connectivity index (χ1v) is 7.13. The maximum Gasteiger partial charge on any atom is 0.159 e. The van der Waals surface area contributed by atoms with Crippen LogP contribution in [0.25, 0.3) is 11.4 Å². The van der Waals surface area contributed by atoms with Crippen molar-refractivity contribution in [2.75, 3.05) is 0 Å². The van der Waals surface area contributed by atoms with Gasteiger partial charge in [0, 0.05) is 16.8 Å². The third-order valence-electron chi connectivity index (χ3n) is 3.65. The van der Waals surface area contributed by atoms with E-state index in [9.17, 15) is 8.78 Å². The highest BCUT2D eigenvalue weighted by Gasteiger charge is 2.14. The molecule has 1 heterocycles. The number of fused-ring (bicyclic) bond motifs is 1. The van der Waals surface area contributed by atoms with E-state index < -0.39 is 11.6 Å². The van der Waals surface area contributed by atoms with E-state index >= 15 is 0 Å². The average molecular weight is 292 g/mol. The predicted molar refractivity (Wildman–Crippen MR) is 76.0 cm³/mol. The number of nitrogens with zero attached hydrogens (tertiary/aromatic N) is 1. The molecule has 0 atom stereocenters. The third kappa shape index (κ3) is 2.50. The molecule has 1 aromatic carbocycles. The summed E-state index contributed by atoms with van der Waals surface area (Å²) in [4.78, 5) is 7.58. The Bertz CT molecular complexity index is 710. The fourth-order valence-corrected chi connectivity index (χ4v) is 2.89. The Morgan fingerprint density at radius 3 is 2.65 bits per heavy atom. The quantitative estimate of drug-likeness (QED) is 0.625. The normalized spacial score (nSPS) is 14.7. The van der Waals surface area contributed by atoms with Gasteiger partial charge >= 0.3 is 0 Å². The van der Waals surface area contributed by atoms with Gasteiger partial charge in [-0.3, -0.25) is 0 Å². The molecule has 1 N–H and O–H groups in total. The van der Waals surface area contributed by atoms with Crippen LogP contribution in [0, 0.1) is 16.3 Å². The maximum absolute atomic E-state index is 13.3. The molecule has 0 spiro atoms. The van der Waals surface area contributed by atoms with Gasteiger partial charge in [0.05, 0.1) is 0 Å². The Balaban J connectivity index is 2.10. The van der Waals surface area contributed by atoms with E-state index in [0.29, 0.717) is 16.0 Å². The van der Waals surface area contributed by atoms with Crippen molar-refractivity contribution in [1.29, 1.82) is 0 Å². The summed E-state index contributed by atoms with van der Waals surface area (Å²) >= 11 is 5.35. The molecule has 0 saturated heterocycles. The number of nitrogens with one attached hydrogen (secondary N) is 1. The van der Waals surface area contributed by atoms with Crippen molar-refractivity contribution in [3.63, 3.8) is 0 Å². The molecular weight excluding hydrogens is 278 g/mol. The summed E-state index contributed by atoms with van der Waals surface area (Å²) in [5.41, 5.74) is 2.70. The minimum atomic E-state index is -0.876. The highest BCUT2D eigenvalue weighted by Crippen LogP contribution is 2.24. The van der Waals surface area contributed by atoms with Crippen LogP contribution < -0.4 is 0 Å². The second-order valence-electron chi connectivity index (χ2n) is 5.04. The minimum Gasteiger partial charge on any atom is -0.343 e. The number of benzene rings is 1. The Hall–Kier alpha value is -1.62. The van der Waals surface area contributed by atoms with Gasteiger partial charge in [-0.05, 0) is 43.9 Å². The van der Waals surface area contributed by atoms with Crippen LogP contribution in [0.5, 0.6) is 0 Å². The van der Waals surface area contributed by atoms with Crippen LogP contribution in [-0.2, 0) is 12.8 Å². The Kier molecular flexibility index (Phi) is 3.61. The summed E-state index contributed by atoms with van der Waals surface area (Å²) in [5.74, 6) is -1.23. The summed E-state index contributed by atoms with van der Waals surface area (Å²) in [7, 11) is 0. The molecule has 3 rings (SSSR count). The van der Waals surface area contributed by atoms with Crippen molar-refractivity contribution in [1.82, 2.24) is 9.97 Å². The summed E-state index contributed by atoms with van der Waals surface area (Å²) in [5, 5.41) is 0. The van der Waals surface area contributed by atoms with Crippen molar-refractivity contribution in [3.8, 4) is 11.4 Å². The van der Waals surface area contributed by atoms with Gasteiger partial charge in [0.2, 0.25) is 0 Å². The van der Waals surface area contributed by atoms with Crippen LogP contribution in [0.2, 0.25) is 0 Å². The molecule has 2 aromatic rings. The first kappa shape index (κ1) is 13.4. The molecule has 0 unspecified atom stereocenters. The van der Waals surface area contributed by atoms with Crippen LogP contribution >= 0.6 is 12.2 Å². The van der Waals surface area contributed by atoms with Crippen LogP contribution in [0.1, 0.15) is 30.5 Å². The topological polar surface area (TPSA) is 28.7 Å². The molecule has 0 fully saturated rings. The van der Waals surface area contributed by atoms with E-state index in [0.717, 1.165) is 49.1 Å². The van der Waals surface area contributed by atoms with Gasteiger partial charge < -0.3 is 4.98 Å². The lowest BCUT2D eigenvalue weighted by Gasteiger charge is -2.09. The summed E-state index contributed by atoms with van der Waals surface area (Å²) in [6, 6.07) is 3.76. The highest BCUT2D eigenvalue weighted by molar-refractivity contribution is 7.71. The largest absolute Gasteiger partial charge is 0.343 e. The molecule has 0 bridgehead atoms. The standard InChI is InChI=1S/C15H14F2N2S/c16-11-7-6-9(8-12(11)17)14-18-13-5-3-1-2-4-10(13)15(20)19-14/h6-8H,1-5H2,(H,18,19,20). The number of aryl methyl sites for hydroxylation is 1. The molecule has 5 heteroatoms. The molecule has 0 saturated carbocycles. The molecular formula is C15H14F2N2S. The highest BCUT2D eigenvalue weighted by atomic mass is 32.1. The van der Waals surface area contributed by atoms with Crippen molar-refractivity contribution >= 4 is 12.2 Å². The molecule has 1 aromatic heterocycles. The molecule has 20 heavy (non-hydrogen) atoms.